The van der Waals surface area contributed by atoms with Crippen molar-refractivity contribution in [3.05, 3.63) is 41.4 Å². The van der Waals surface area contributed by atoms with Crippen LogP contribution < -0.4 is 0 Å². The van der Waals surface area contributed by atoms with Crippen molar-refractivity contribution in [2.24, 2.45) is 17.8 Å². The van der Waals surface area contributed by atoms with E-state index in [1.165, 1.54) is 6.08 Å². The molecule has 4 unspecified atom stereocenters. The predicted octanol–water partition coefficient (Wildman–Crippen LogP) is 3.09. The van der Waals surface area contributed by atoms with Crippen molar-refractivity contribution in [2.45, 2.75) is 36.6 Å². The summed E-state index contributed by atoms with van der Waals surface area (Å²) >= 11 is 6.22. The molecule has 0 bridgehead atoms. The quantitative estimate of drug-likeness (QED) is 0.715. The van der Waals surface area contributed by atoms with Crippen molar-refractivity contribution in [1.82, 2.24) is 9.21 Å². The van der Waals surface area contributed by atoms with Gasteiger partial charge in [0.05, 0.1) is 5.02 Å². The van der Waals surface area contributed by atoms with Crippen LogP contribution in [-0.2, 0) is 14.8 Å². The lowest BCUT2D eigenvalue weighted by atomic mass is 9.68. The maximum Gasteiger partial charge on any atom is 0.327 e. The molecule has 0 radical (unpaired) electrons. The minimum atomic E-state index is -3.67. The zero-order valence-corrected chi connectivity index (χ0v) is 17.9. The highest BCUT2D eigenvalue weighted by Gasteiger charge is 2.49. The molecule has 3 heterocycles. The number of carboxylic acid groups (broad SMARTS) is 1. The molecule has 3 aliphatic heterocycles. The van der Waals surface area contributed by atoms with Gasteiger partial charge in [-0.2, -0.15) is 4.31 Å². The highest BCUT2D eigenvalue weighted by Crippen LogP contribution is 2.44. The summed E-state index contributed by atoms with van der Waals surface area (Å²) in [4.78, 5) is 13.6. The van der Waals surface area contributed by atoms with Crippen LogP contribution in [0.3, 0.4) is 0 Å². The van der Waals surface area contributed by atoms with Gasteiger partial charge in [0.2, 0.25) is 10.0 Å². The van der Waals surface area contributed by atoms with Gasteiger partial charge < -0.3 is 5.11 Å². The molecule has 0 aliphatic carbocycles. The van der Waals surface area contributed by atoms with Crippen molar-refractivity contribution in [2.75, 3.05) is 26.2 Å². The van der Waals surface area contributed by atoms with Crippen molar-refractivity contribution in [3.63, 3.8) is 0 Å². The summed E-state index contributed by atoms with van der Waals surface area (Å²) in [5, 5.41) is 9.17. The van der Waals surface area contributed by atoms with Gasteiger partial charge in [0.25, 0.3) is 0 Å². The summed E-state index contributed by atoms with van der Waals surface area (Å²) in [5.74, 6) is -0.134. The second-order valence-electron chi connectivity index (χ2n) is 8.37. The molecule has 1 aromatic carbocycles. The zero-order valence-electron chi connectivity index (χ0n) is 16.3. The van der Waals surface area contributed by atoms with Crippen LogP contribution in [0.2, 0.25) is 5.02 Å². The third kappa shape index (κ3) is 4.10. The Morgan fingerprint density at radius 3 is 2.76 bits per heavy atom. The van der Waals surface area contributed by atoms with Gasteiger partial charge in [-0.15, -0.1) is 0 Å². The zero-order chi connectivity index (χ0) is 20.6. The van der Waals surface area contributed by atoms with Crippen LogP contribution >= 0.6 is 11.6 Å². The lowest BCUT2D eigenvalue weighted by molar-refractivity contribution is -0.131. The number of carbonyl (C=O) groups is 1. The normalized spacial score (nSPS) is 30.9. The summed E-state index contributed by atoms with van der Waals surface area (Å²) in [6, 6.07) is 7.01. The number of sulfonamides is 1. The molecule has 4 atom stereocenters. The maximum atomic E-state index is 13.4. The summed E-state index contributed by atoms with van der Waals surface area (Å²) < 4.78 is 28.4. The van der Waals surface area contributed by atoms with E-state index in [0.29, 0.717) is 31.5 Å². The molecule has 1 N–H and O–H groups in total. The Kier molecular flexibility index (Phi) is 6.02. The molecule has 29 heavy (non-hydrogen) atoms. The summed E-state index contributed by atoms with van der Waals surface area (Å²) in [6.07, 6.45) is 6.70. The van der Waals surface area contributed by atoms with Crippen LogP contribution in [0.25, 0.3) is 0 Å². The van der Waals surface area contributed by atoms with E-state index in [4.69, 9.17) is 16.7 Å². The number of hydrogen-bond donors (Lipinski definition) is 1. The SMILES string of the molecule is O=C(O)/C=C/CC1CCN2CCCC3CN(S(=O)(=O)c4ccccc4Cl)CC1C32. The highest BCUT2D eigenvalue weighted by molar-refractivity contribution is 7.89. The molecule has 0 aromatic heterocycles. The van der Waals surface area contributed by atoms with Gasteiger partial charge in [-0.05, 0) is 68.7 Å². The van der Waals surface area contributed by atoms with E-state index < -0.39 is 16.0 Å². The maximum absolute atomic E-state index is 13.4. The lowest BCUT2D eigenvalue weighted by Gasteiger charge is -2.56. The first-order chi connectivity index (χ1) is 13.9. The minimum Gasteiger partial charge on any atom is -0.478 e. The number of carboxylic acids is 1. The average Bonchev–Trinajstić information content (AvgIpc) is 2.69. The predicted molar refractivity (Wildman–Crippen MR) is 111 cm³/mol. The van der Waals surface area contributed by atoms with Crippen LogP contribution in [0.5, 0.6) is 0 Å². The van der Waals surface area contributed by atoms with Crippen LogP contribution in [0.4, 0.5) is 0 Å². The molecular weight excluding hydrogens is 412 g/mol. The van der Waals surface area contributed by atoms with E-state index in [2.05, 4.69) is 4.90 Å². The largest absolute Gasteiger partial charge is 0.478 e. The number of halogens is 1. The Labute approximate surface area is 177 Å². The fourth-order valence-electron chi connectivity index (χ4n) is 5.53. The summed E-state index contributed by atoms with van der Waals surface area (Å²) in [7, 11) is -3.67. The van der Waals surface area contributed by atoms with Crippen molar-refractivity contribution < 1.29 is 18.3 Å². The van der Waals surface area contributed by atoms with E-state index in [1.54, 1.807) is 34.6 Å². The number of benzene rings is 1. The van der Waals surface area contributed by atoms with Gasteiger partial charge in [0.15, 0.2) is 0 Å². The first-order valence-corrected chi connectivity index (χ1v) is 12.1. The molecule has 6 nitrogen and oxygen atoms in total. The number of allylic oxidation sites excluding steroid dienone is 1. The van der Waals surface area contributed by atoms with E-state index in [9.17, 15) is 13.2 Å². The van der Waals surface area contributed by atoms with E-state index in [-0.39, 0.29) is 21.8 Å². The molecule has 8 heteroatoms. The second-order valence-corrected chi connectivity index (χ2v) is 10.7. The van der Waals surface area contributed by atoms with Crippen molar-refractivity contribution in [3.8, 4) is 0 Å². The third-order valence-corrected chi connectivity index (χ3v) is 9.09. The average molecular weight is 439 g/mol. The Hall–Kier alpha value is -1.41. The Bertz CT molecular complexity index is 904. The first kappa shape index (κ1) is 20.8. The standard InChI is InChI=1S/C21H27ClN2O4S/c22-18-7-1-2-8-19(18)29(27,28)24-13-16-6-4-11-23-12-10-15(5-3-9-20(25)26)17(14-24)21(16)23/h1-3,7-9,15-17,21H,4-6,10-14H2,(H,25,26)/b9-3+. The molecule has 158 valence electrons. The van der Waals surface area contributed by atoms with Crippen LogP contribution in [0.15, 0.2) is 41.3 Å². The Balaban J connectivity index is 1.62. The molecule has 0 saturated carbocycles. The molecule has 1 aromatic rings. The summed E-state index contributed by atoms with van der Waals surface area (Å²) in [6.45, 7) is 3.09. The van der Waals surface area contributed by atoms with Gasteiger partial charge in [0, 0.05) is 25.2 Å². The number of nitrogens with zero attached hydrogens (tertiary/aromatic N) is 2. The van der Waals surface area contributed by atoms with Gasteiger partial charge in [0.1, 0.15) is 4.90 Å². The van der Waals surface area contributed by atoms with Crippen molar-refractivity contribution in [1.29, 1.82) is 0 Å². The number of piperidine rings is 3. The molecule has 0 amide bonds. The van der Waals surface area contributed by atoms with E-state index in [1.807, 2.05) is 0 Å². The second kappa shape index (κ2) is 8.38. The molecule has 3 fully saturated rings. The van der Waals surface area contributed by atoms with Crippen LogP contribution in [0, 0.1) is 17.8 Å². The number of aliphatic carboxylic acids is 1. The molecule has 3 saturated heterocycles. The monoisotopic (exact) mass is 438 g/mol. The topological polar surface area (TPSA) is 77.9 Å². The Morgan fingerprint density at radius 1 is 1.21 bits per heavy atom. The van der Waals surface area contributed by atoms with E-state index in [0.717, 1.165) is 32.4 Å². The van der Waals surface area contributed by atoms with E-state index >= 15 is 0 Å². The number of hydrogen-bond acceptors (Lipinski definition) is 4. The fraction of sp³-hybridized carbons (Fsp3) is 0.571. The van der Waals surface area contributed by atoms with Gasteiger partial charge in [-0.3, -0.25) is 4.90 Å². The van der Waals surface area contributed by atoms with Crippen LogP contribution in [-0.4, -0.2) is 60.9 Å². The third-order valence-electron chi connectivity index (χ3n) is 6.76. The van der Waals surface area contributed by atoms with Gasteiger partial charge >= 0.3 is 5.97 Å². The fourth-order valence-corrected chi connectivity index (χ4v) is 7.56. The molecule has 0 spiro atoms. The van der Waals surface area contributed by atoms with Crippen molar-refractivity contribution >= 4 is 27.6 Å². The lowest BCUT2D eigenvalue weighted by Crippen LogP contribution is -2.63. The highest BCUT2D eigenvalue weighted by atomic mass is 35.5. The van der Waals surface area contributed by atoms with Crippen LogP contribution in [0.1, 0.15) is 25.7 Å². The van der Waals surface area contributed by atoms with Gasteiger partial charge in [-0.1, -0.05) is 29.8 Å². The van der Waals surface area contributed by atoms with Gasteiger partial charge in [-0.25, -0.2) is 13.2 Å². The number of rotatable bonds is 5. The molecular formula is C21H27ClN2O4S. The minimum absolute atomic E-state index is 0.172. The Morgan fingerprint density at radius 2 is 2.00 bits per heavy atom. The molecule has 3 aliphatic rings. The smallest absolute Gasteiger partial charge is 0.327 e. The molecule has 4 rings (SSSR count). The first-order valence-electron chi connectivity index (χ1n) is 10.3. The summed E-state index contributed by atoms with van der Waals surface area (Å²) in [5.41, 5.74) is 0.